The molecule has 3 aliphatic rings. The number of nitrogens with two attached hydrogens (primary N) is 1. The van der Waals surface area contributed by atoms with Gasteiger partial charge < -0.3 is 25.4 Å². The van der Waals surface area contributed by atoms with E-state index in [2.05, 4.69) is 0 Å². The van der Waals surface area contributed by atoms with E-state index >= 15 is 0 Å². The highest BCUT2D eigenvalue weighted by Gasteiger charge is 2.62. The van der Waals surface area contributed by atoms with E-state index < -0.39 is 51.6 Å². The van der Waals surface area contributed by atoms with Gasteiger partial charge in [0, 0.05) is 31.3 Å². The SMILES string of the molecule is COc1ccc(N(C)C)c2c1C(=O)C1=C(O)[C@]3(Cl)C(=O)C(C(N)=O)=C(Cl)[C@@H](N(C)C)[C@@H]3C[C@@H]1C2. The van der Waals surface area contributed by atoms with Crippen molar-refractivity contribution in [2.24, 2.45) is 17.6 Å². The Morgan fingerprint density at radius 2 is 1.88 bits per heavy atom. The molecule has 4 atom stereocenters. The number of aliphatic hydroxyl groups is 1. The van der Waals surface area contributed by atoms with Gasteiger partial charge in [-0.1, -0.05) is 11.6 Å². The number of allylic oxidation sites excluding steroid dienone is 2. The second kappa shape index (κ2) is 8.29. The second-order valence-corrected chi connectivity index (χ2v) is 10.4. The molecule has 0 saturated heterocycles. The van der Waals surface area contributed by atoms with Crippen LogP contribution >= 0.6 is 23.2 Å². The summed E-state index contributed by atoms with van der Waals surface area (Å²) in [5, 5.41) is 11.5. The Bertz CT molecular complexity index is 1190. The number of fused-ring (bicyclic) bond motifs is 3. The Labute approximate surface area is 207 Å². The second-order valence-electron chi connectivity index (χ2n) is 9.41. The lowest BCUT2D eigenvalue weighted by Crippen LogP contribution is -2.60. The number of amides is 1. The third-order valence-corrected chi connectivity index (χ3v) is 8.21. The molecular formula is C24H27Cl2N3O5. The Kier molecular flexibility index (Phi) is 5.99. The van der Waals surface area contributed by atoms with Gasteiger partial charge in [-0.3, -0.25) is 14.4 Å². The number of carbonyl (C=O) groups is 3. The zero-order chi connectivity index (χ0) is 25.3. The molecule has 0 unspecified atom stereocenters. The van der Waals surface area contributed by atoms with Crippen LogP contribution in [0.2, 0.25) is 0 Å². The monoisotopic (exact) mass is 507 g/mol. The summed E-state index contributed by atoms with van der Waals surface area (Å²) in [5.41, 5.74) is 7.10. The van der Waals surface area contributed by atoms with E-state index in [0.29, 0.717) is 24.2 Å². The normalized spacial score (nSPS) is 28.5. The first-order valence-corrected chi connectivity index (χ1v) is 11.6. The minimum atomic E-state index is -2.04. The number of nitrogens with zero attached hydrogens (tertiary/aromatic N) is 2. The number of benzene rings is 1. The topological polar surface area (TPSA) is 113 Å². The predicted molar refractivity (Wildman–Crippen MR) is 130 cm³/mol. The van der Waals surface area contributed by atoms with Crippen LogP contribution < -0.4 is 15.4 Å². The number of primary amides is 1. The summed E-state index contributed by atoms with van der Waals surface area (Å²) in [4.78, 5) is 41.1. The van der Waals surface area contributed by atoms with Crippen molar-refractivity contribution in [2.45, 2.75) is 23.8 Å². The number of alkyl halides is 1. The molecule has 182 valence electrons. The maximum atomic E-state index is 13.8. The van der Waals surface area contributed by atoms with Crippen LogP contribution in [0.5, 0.6) is 5.75 Å². The maximum Gasteiger partial charge on any atom is 0.253 e. The summed E-state index contributed by atoms with van der Waals surface area (Å²) in [5.74, 6) is -3.62. The number of methoxy groups -OCH3 is 1. The largest absolute Gasteiger partial charge is 0.509 e. The molecule has 0 saturated carbocycles. The van der Waals surface area contributed by atoms with Crippen LogP contribution in [-0.4, -0.2) is 73.7 Å². The predicted octanol–water partition coefficient (Wildman–Crippen LogP) is 2.42. The Balaban J connectivity index is 1.98. The summed E-state index contributed by atoms with van der Waals surface area (Å²) >= 11 is 13.4. The summed E-state index contributed by atoms with van der Waals surface area (Å²) in [7, 11) is 8.73. The van der Waals surface area contributed by atoms with Gasteiger partial charge in [-0.2, -0.15) is 0 Å². The number of ether oxygens (including phenoxy) is 1. The third-order valence-electron chi connectivity index (χ3n) is 7.17. The first-order chi connectivity index (χ1) is 15.9. The first-order valence-electron chi connectivity index (χ1n) is 10.8. The lowest BCUT2D eigenvalue weighted by Gasteiger charge is -2.50. The summed E-state index contributed by atoms with van der Waals surface area (Å²) in [6.07, 6.45) is 0.738. The number of halogens is 2. The summed E-state index contributed by atoms with van der Waals surface area (Å²) < 4.78 is 5.46. The molecule has 0 fully saturated rings. The quantitative estimate of drug-likeness (QED) is 0.475. The first kappa shape index (κ1) is 24.6. The van der Waals surface area contributed by atoms with Crippen LogP contribution in [-0.2, 0) is 16.0 Å². The molecule has 0 bridgehead atoms. The molecule has 8 nitrogen and oxygen atoms in total. The number of hydrogen-bond acceptors (Lipinski definition) is 7. The van der Waals surface area contributed by atoms with Crippen LogP contribution in [0.15, 0.2) is 34.1 Å². The van der Waals surface area contributed by atoms with Crippen molar-refractivity contribution in [3.8, 4) is 5.75 Å². The molecular weight excluding hydrogens is 481 g/mol. The molecule has 1 amide bonds. The molecule has 3 aliphatic carbocycles. The molecule has 3 N–H and O–H groups in total. The van der Waals surface area contributed by atoms with Gasteiger partial charge in [-0.25, -0.2) is 0 Å². The lowest BCUT2D eigenvalue weighted by molar-refractivity contribution is -0.125. The highest BCUT2D eigenvalue weighted by Crippen LogP contribution is 2.56. The van der Waals surface area contributed by atoms with Crippen molar-refractivity contribution in [1.82, 2.24) is 4.90 Å². The van der Waals surface area contributed by atoms with Crippen LogP contribution in [0.3, 0.4) is 0 Å². The fourth-order valence-corrected chi connectivity index (χ4v) is 6.66. The maximum absolute atomic E-state index is 13.8. The fraction of sp³-hybridized carbons (Fsp3) is 0.458. The van der Waals surface area contributed by atoms with Crippen LogP contribution in [0.1, 0.15) is 22.3 Å². The number of aliphatic hydroxyl groups excluding tert-OH is 1. The van der Waals surface area contributed by atoms with E-state index in [4.69, 9.17) is 33.7 Å². The number of rotatable bonds is 4. The highest BCUT2D eigenvalue weighted by atomic mass is 35.5. The van der Waals surface area contributed by atoms with Crippen molar-refractivity contribution in [3.05, 3.63) is 45.2 Å². The van der Waals surface area contributed by atoms with E-state index in [-0.39, 0.29) is 10.6 Å². The van der Waals surface area contributed by atoms with E-state index in [0.717, 1.165) is 11.3 Å². The van der Waals surface area contributed by atoms with Crippen molar-refractivity contribution in [3.63, 3.8) is 0 Å². The minimum Gasteiger partial charge on any atom is -0.509 e. The van der Waals surface area contributed by atoms with E-state index in [1.807, 2.05) is 25.1 Å². The van der Waals surface area contributed by atoms with Crippen LogP contribution in [0.25, 0.3) is 0 Å². The van der Waals surface area contributed by atoms with Gasteiger partial charge in [0.15, 0.2) is 16.4 Å². The molecule has 34 heavy (non-hydrogen) atoms. The van der Waals surface area contributed by atoms with Crippen molar-refractivity contribution >= 4 is 46.4 Å². The number of hydrogen-bond donors (Lipinski definition) is 2. The number of ketones is 2. The van der Waals surface area contributed by atoms with Gasteiger partial charge in [-0.15, -0.1) is 11.6 Å². The van der Waals surface area contributed by atoms with Crippen molar-refractivity contribution in [2.75, 3.05) is 40.2 Å². The zero-order valence-corrected chi connectivity index (χ0v) is 21.1. The highest BCUT2D eigenvalue weighted by molar-refractivity contribution is 6.48. The van der Waals surface area contributed by atoms with Gasteiger partial charge in [0.2, 0.25) is 0 Å². The average Bonchev–Trinajstić information content (AvgIpc) is 2.74. The fourth-order valence-electron chi connectivity index (χ4n) is 5.72. The van der Waals surface area contributed by atoms with Crippen molar-refractivity contribution < 1.29 is 24.2 Å². The number of Topliss-reactive ketones (excluding diaryl/α,β-unsaturated/α-hetero) is 2. The standard InChI is InChI=1S/C24H27Cl2N3O5/c1-28(2)13-6-7-14(34-5)16-11(13)8-10-9-12-19(29(3)4)18(25)17(23(27)33)22(32)24(12,26)21(31)15(10)20(16)30/h6-7,10,12,19,31H,8-9H2,1-5H3,(H2,27,33)/t10-,12-,19-,24-/m0/s1. The molecule has 0 radical (unpaired) electrons. The molecule has 1 aromatic carbocycles. The molecule has 0 aromatic heterocycles. The zero-order valence-electron chi connectivity index (χ0n) is 19.6. The van der Waals surface area contributed by atoms with Gasteiger partial charge in [-0.05, 0) is 50.6 Å². The number of carbonyl (C=O) groups excluding carboxylic acids is 3. The van der Waals surface area contributed by atoms with Gasteiger partial charge in [0.05, 0.1) is 23.7 Å². The Morgan fingerprint density at radius 1 is 1.24 bits per heavy atom. The third kappa shape index (κ3) is 3.19. The van der Waals surface area contributed by atoms with E-state index in [1.165, 1.54) is 7.11 Å². The summed E-state index contributed by atoms with van der Waals surface area (Å²) in [6.45, 7) is 0. The Morgan fingerprint density at radius 3 is 2.41 bits per heavy atom. The molecule has 0 spiro atoms. The summed E-state index contributed by atoms with van der Waals surface area (Å²) in [6, 6.07) is 2.94. The number of likely N-dealkylation sites (N-methyl/N-ethyl adjacent to an activating group) is 1. The van der Waals surface area contributed by atoms with Crippen molar-refractivity contribution in [1.29, 1.82) is 0 Å². The van der Waals surface area contributed by atoms with Gasteiger partial charge in [0.1, 0.15) is 17.1 Å². The van der Waals surface area contributed by atoms with E-state index in [9.17, 15) is 19.5 Å². The molecule has 0 aliphatic heterocycles. The molecule has 10 heteroatoms. The van der Waals surface area contributed by atoms with Gasteiger partial charge in [0.25, 0.3) is 5.91 Å². The van der Waals surface area contributed by atoms with Gasteiger partial charge >= 0.3 is 0 Å². The van der Waals surface area contributed by atoms with Crippen LogP contribution in [0.4, 0.5) is 5.69 Å². The lowest BCUT2D eigenvalue weighted by atomic mass is 9.60. The Hall–Kier alpha value is -2.55. The molecule has 0 heterocycles. The van der Waals surface area contributed by atoms with E-state index in [1.54, 1.807) is 25.1 Å². The number of anilines is 1. The molecule has 1 aromatic rings. The van der Waals surface area contributed by atoms with Crippen LogP contribution in [0, 0.1) is 11.8 Å². The molecule has 4 rings (SSSR count). The minimum absolute atomic E-state index is 0.00166. The average molecular weight is 508 g/mol. The smallest absolute Gasteiger partial charge is 0.253 e.